The Morgan fingerprint density at radius 1 is 0.938 bits per heavy atom. The number of hydrogen-bond acceptors (Lipinski definition) is 4. The zero-order chi connectivity index (χ0) is 22.7. The van der Waals surface area contributed by atoms with Crippen LogP contribution in [0.25, 0.3) is 5.57 Å². The van der Waals surface area contributed by atoms with Crippen LogP contribution in [0.3, 0.4) is 0 Å². The fourth-order valence-corrected chi connectivity index (χ4v) is 3.60. The first kappa shape index (κ1) is 21.6. The number of para-hydroxylation sites is 2. The molecule has 0 radical (unpaired) electrons. The van der Waals surface area contributed by atoms with Gasteiger partial charge < -0.3 is 10.1 Å². The van der Waals surface area contributed by atoms with E-state index in [0.717, 1.165) is 10.5 Å². The second-order valence-electron chi connectivity index (χ2n) is 7.13. The molecule has 0 aromatic heterocycles. The standard InChI is InChI=1S/C25H20ClFN2O3/c1-2-32-21-6-4-3-5-20(21)28-23-22(17-9-13-19(27)14-10-17)24(30)29(25(23)31)15-16-7-11-18(26)12-8-16/h3-14,28H,2,15H2,1H3. The van der Waals surface area contributed by atoms with Crippen molar-refractivity contribution in [3.63, 3.8) is 0 Å². The molecule has 1 aliphatic heterocycles. The number of halogens is 2. The fourth-order valence-electron chi connectivity index (χ4n) is 3.48. The van der Waals surface area contributed by atoms with Crippen LogP contribution in [0.1, 0.15) is 18.1 Å². The second kappa shape index (κ2) is 9.24. The van der Waals surface area contributed by atoms with Gasteiger partial charge >= 0.3 is 0 Å². The maximum absolute atomic E-state index is 13.5. The van der Waals surface area contributed by atoms with Crippen LogP contribution in [0.4, 0.5) is 10.1 Å². The van der Waals surface area contributed by atoms with Gasteiger partial charge in [0.1, 0.15) is 17.3 Å². The van der Waals surface area contributed by atoms with Crippen LogP contribution < -0.4 is 10.1 Å². The fraction of sp³-hybridized carbons (Fsp3) is 0.120. The number of nitrogens with one attached hydrogen (secondary N) is 1. The molecule has 1 N–H and O–H groups in total. The van der Waals surface area contributed by atoms with E-state index in [-0.39, 0.29) is 17.8 Å². The van der Waals surface area contributed by atoms with E-state index in [2.05, 4.69) is 5.32 Å². The topological polar surface area (TPSA) is 58.6 Å². The van der Waals surface area contributed by atoms with Crippen molar-refractivity contribution in [2.24, 2.45) is 0 Å². The molecule has 3 aromatic carbocycles. The predicted molar refractivity (Wildman–Crippen MR) is 122 cm³/mol. The molecule has 0 saturated heterocycles. The minimum atomic E-state index is -0.476. The molecule has 0 saturated carbocycles. The van der Waals surface area contributed by atoms with Crippen molar-refractivity contribution in [1.82, 2.24) is 4.90 Å². The quantitative estimate of drug-likeness (QED) is 0.498. The summed E-state index contributed by atoms with van der Waals surface area (Å²) in [5.41, 5.74) is 2.04. The molecule has 0 fully saturated rings. The van der Waals surface area contributed by atoms with E-state index in [0.29, 0.717) is 28.6 Å². The van der Waals surface area contributed by atoms with Gasteiger partial charge in [-0.1, -0.05) is 48.0 Å². The van der Waals surface area contributed by atoms with Gasteiger partial charge in [0.2, 0.25) is 0 Å². The first-order chi connectivity index (χ1) is 15.5. The third-order valence-corrected chi connectivity index (χ3v) is 5.25. The van der Waals surface area contributed by atoms with Gasteiger partial charge in [-0.25, -0.2) is 4.39 Å². The van der Waals surface area contributed by atoms with E-state index < -0.39 is 17.6 Å². The van der Waals surface area contributed by atoms with Crippen LogP contribution >= 0.6 is 11.6 Å². The Kier molecular flexibility index (Phi) is 6.23. The van der Waals surface area contributed by atoms with Gasteiger partial charge in [-0.05, 0) is 54.4 Å². The van der Waals surface area contributed by atoms with Crippen LogP contribution in [0.5, 0.6) is 5.75 Å². The molecule has 0 atom stereocenters. The van der Waals surface area contributed by atoms with Crippen LogP contribution in [-0.2, 0) is 16.1 Å². The van der Waals surface area contributed by atoms with Gasteiger partial charge in [0.05, 0.1) is 24.4 Å². The summed E-state index contributed by atoms with van der Waals surface area (Å²) in [6, 6.07) is 19.6. The Hall–Kier alpha value is -3.64. The number of benzene rings is 3. The molecule has 2 amide bonds. The van der Waals surface area contributed by atoms with Gasteiger partial charge in [-0.2, -0.15) is 0 Å². The number of imide groups is 1. The molecule has 162 valence electrons. The minimum absolute atomic E-state index is 0.0812. The molecule has 3 aromatic rings. The summed E-state index contributed by atoms with van der Waals surface area (Å²) < 4.78 is 19.1. The Balaban J connectivity index is 1.74. The summed E-state index contributed by atoms with van der Waals surface area (Å²) in [5, 5.41) is 3.65. The average molecular weight is 451 g/mol. The minimum Gasteiger partial charge on any atom is -0.492 e. The highest BCUT2D eigenvalue weighted by atomic mass is 35.5. The third kappa shape index (κ3) is 4.36. The van der Waals surface area contributed by atoms with Crippen LogP contribution in [0.2, 0.25) is 5.02 Å². The second-order valence-corrected chi connectivity index (χ2v) is 7.57. The van der Waals surface area contributed by atoms with Gasteiger partial charge in [-0.3, -0.25) is 14.5 Å². The number of rotatable bonds is 7. The van der Waals surface area contributed by atoms with Crippen molar-refractivity contribution in [3.8, 4) is 5.75 Å². The van der Waals surface area contributed by atoms with E-state index in [1.54, 1.807) is 42.5 Å². The van der Waals surface area contributed by atoms with Crippen LogP contribution in [0.15, 0.2) is 78.5 Å². The van der Waals surface area contributed by atoms with Gasteiger partial charge in [0, 0.05) is 5.02 Å². The molecule has 0 unspecified atom stereocenters. The number of amides is 2. The Morgan fingerprint density at radius 2 is 1.62 bits per heavy atom. The smallest absolute Gasteiger partial charge is 0.278 e. The van der Waals surface area contributed by atoms with E-state index in [4.69, 9.17) is 16.3 Å². The van der Waals surface area contributed by atoms with Crippen molar-refractivity contribution in [2.75, 3.05) is 11.9 Å². The van der Waals surface area contributed by atoms with Crippen molar-refractivity contribution in [1.29, 1.82) is 0 Å². The molecular formula is C25H20ClFN2O3. The van der Waals surface area contributed by atoms with Crippen LogP contribution in [-0.4, -0.2) is 23.3 Å². The molecule has 0 spiro atoms. The molecule has 32 heavy (non-hydrogen) atoms. The maximum Gasteiger partial charge on any atom is 0.278 e. The average Bonchev–Trinajstić information content (AvgIpc) is 3.01. The lowest BCUT2D eigenvalue weighted by molar-refractivity contribution is -0.137. The molecule has 0 bridgehead atoms. The zero-order valence-corrected chi connectivity index (χ0v) is 18.0. The van der Waals surface area contributed by atoms with E-state index in [9.17, 15) is 14.0 Å². The zero-order valence-electron chi connectivity index (χ0n) is 17.3. The summed E-state index contributed by atoms with van der Waals surface area (Å²) in [5.74, 6) is -0.818. The number of carbonyl (C=O) groups excluding carboxylic acids is 2. The molecule has 1 aliphatic rings. The van der Waals surface area contributed by atoms with Gasteiger partial charge in [0.15, 0.2) is 0 Å². The Bertz CT molecular complexity index is 1190. The SMILES string of the molecule is CCOc1ccccc1NC1=C(c2ccc(F)cc2)C(=O)N(Cc2ccc(Cl)cc2)C1=O. The number of carbonyl (C=O) groups is 2. The van der Waals surface area contributed by atoms with Crippen molar-refractivity contribution >= 4 is 34.7 Å². The first-order valence-electron chi connectivity index (χ1n) is 10.1. The monoisotopic (exact) mass is 450 g/mol. The lowest BCUT2D eigenvalue weighted by Gasteiger charge is -2.16. The predicted octanol–water partition coefficient (Wildman–Crippen LogP) is 5.27. The summed E-state index contributed by atoms with van der Waals surface area (Å²) in [7, 11) is 0. The molecule has 0 aliphatic carbocycles. The Morgan fingerprint density at radius 3 is 2.31 bits per heavy atom. The summed E-state index contributed by atoms with van der Waals surface area (Å²) in [6.07, 6.45) is 0. The molecule has 5 nitrogen and oxygen atoms in total. The highest BCUT2D eigenvalue weighted by Gasteiger charge is 2.39. The summed E-state index contributed by atoms with van der Waals surface area (Å²) in [4.78, 5) is 27.9. The third-order valence-electron chi connectivity index (χ3n) is 5.00. The number of hydrogen-bond donors (Lipinski definition) is 1. The highest BCUT2D eigenvalue weighted by molar-refractivity contribution is 6.36. The lowest BCUT2D eigenvalue weighted by atomic mass is 10.0. The normalized spacial score (nSPS) is 13.7. The van der Waals surface area contributed by atoms with Gasteiger partial charge in [0.25, 0.3) is 11.8 Å². The number of anilines is 1. The van der Waals surface area contributed by atoms with Crippen molar-refractivity contribution < 1.29 is 18.7 Å². The molecular weight excluding hydrogens is 431 g/mol. The number of nitrogens with zero attached hydrogens (tertiary/aromatic N) is 1. The summed E-state index contributed by atoms with van der Waals surface area (Å²) >= 11 is 5.95. The van der Waals surface area contributed by atoms with Gasteiger partial charge in [-0.15, -0.1) is 0 Å². The van der Waals surface area contributed by atoms with Crippen molar-refractivity contribution in [3.05, 3.63) is 100 Å². The van der Waals surface area contributed by atoms with Crippen molar-refractivity contribution in [2.45, 2.75) is 13.5 Å². The molecule has 4 rings (SSSR count). The summed E-state index contributed by atoms with van der Waals surface area (Å²) in [6.45, 7) is 2.38. The first-order valence-corrected chi connectivity index (χ1v) is 10.5. The number of ether oxygens (including phenoxy) is 1. The van der Waals surface area contributed by atoms with E-state index >= 15 is 0 Å². The molecule has 7 heteroatoms. The highest BCUT2D eigenvalue weighted by Crippen LogP contribution is 2.34. The largest absolute Gasteiger partial charge is 0.492 e. The lowest BCUT2D eigenvalue weighted by Crippen LogP contribution is -2.32. The van der Waals surface area contributed by atoms with Crippen LogP contribution in [0, 0.1) is 5.82 Å². The molecule has 1 heterocycles. The maximum atomic E-state index is 13.5. The Labute approximate surface area is 190 Å². The van der Waals surface area contributed by atoms with E-state index in [1.165, 1.54) is 24.3 Å². The van der Waals surface area contributed by atoms with E-state index in [1.807, 2.05) is 13.0 Å².